The molecule has 0 aromatic heterocycles. The average molecular weight is 296 g/mol. The molecule has 0 aliphatic rings. The van der Waals surface area contributed by atoms with Crippen LogP contribution >= 0.6 is 0 Å². The Kier molecular flexibility index (Phi) is 6.48. The van der Waals surface area contributed by atoms with Crippen LogP contribution in [0.1, 0.15) is 34.6 Å². The number of hydrogen-bond acceptors (Lipinski definition) is 6. The predicted molar refractivity (Wildman–Crippen MR) is 75.3 cm³/mol. The molecule has 6 nitrogen and oxygen atoms in total. The van der Waals surface area contributed by atoms with Crippen LogP contribution in [0, 0.1) is 0 Å². The van der Waals surface area contributed by atoms with E-state index in [-0.39, 0.29) is 32.2 Å². The number of Topliss-reactive ketones (excluding diaryl/α,β-unsaturated/α-hetero) is 1. The van der Waals surface area contributed by atoms with Gasteiger partial charge in [-0.3, -0.25) is 4.79 Å². The number of benzene rings is 1. The van der Waals surface area contributed by atoms with E-state index in [1.807, 2.05) is 0 Å². The number of carbonyl (C=O) groups excluding carboxylic acids is 2. The van der Waals surface area contributed by atoms with Gasteiger partial charge >= 0.3 is 5.97 Å². The fourth-order valence-electron chi connectivity index (χ4n) is 1.69. The normalized spacial score (nSPS) is 11.2. The van der Waals surface area contributed by atoms with Gasteiger partial charge in [-0.25, -0.2) is 4.79 Å². The monoisotopic (exact) mass is 296 g/mol. The first-order chi connectivity index (χ1) is 9.92. The fourth-order valence-corrected chi connectivity index (χ4v) is 1.69. The lowest BCUT2D eigenvalue weighted by molar-refractivity contribution is -0.0174. The van der Waals surface area contributed by atoms with Crippen molar-refractivity contribution < 1.29 is 29.3 Å². The summed E-state index contributed by atoms with van der Waals surface area (Å²) in [5.41, 5.74) is -0.354. The summed E-state index contributed by atoms with van der Waals surface area (Å²) in [6.45, 7) is 2.85. The lowest BCUT2D eigenvalue weighted by atomic mass is 9.96. The summed E-state index contributed by atoms with van der Waals surface area (Å²) in [4.78, 5) is 23.8. The Bertz CT molecular complexity index is 477. The highest BCUT2D eigenvalue weighted by atomic mass is 16.5. The molecule has 0 amide bonds. The summed E-state index contributed by atoms with van der Waals surface area (Å²) in [7, 11) is 0. The van der Waals surface area contributed by atoms with Crippen molar-refractivity contribution in [2.75, 3.05) is 26.4 Å². The lowest BCUT2D eigenvalue weighted by Crippen LogP contribution is -2.36. The second-order valence-corrected chi connectivity index (χ2v) is 4.85. The summed E-state index contributed by atoms with van der Waals surface area (Å²) in [6.07, 6.45) is 0. The summed E-state index contributed by atoms with van der Waals surface area (Å²) in [5.74, 6) is -0.801. The van der Waals surface area contributed by atoms with Crippen molar-refractivity contribution >= 4 is 11.8 Å². The minimum Gasteiger partial charge on any atom is -0.460 e. The Morgan fingerprint density at radius 1 is 1.00 bits per heavy atom. The van der Waals surface area contributed by atoms with Gasteiger partial charge in [0.1, 0.15) is 12.2 Å². The van der Waals surface area contributed by atoms with E-state index >= 15 is 0 Å². The molecule has 2 N–H and O–H groups in total. The van der Waals surface area contributed by atoms with Gasteiger partial charge in [0.25, 0.3) is 0 Å². The van der Waals surface area contributed by atoms with Crippen LogP contribution in [0.15, 0.2) is 24.3 Å². The molecule has 6 heteroatoms. The standard InChI is InChI=1S/C15H20O6/c1-15(2,21-10-8-17)13(18)11-3-5-12(6-4-11)14(19)20-9-7-16/h3-6,16-17H,7-10H2,1-2H3. The zero-order chi connectivity index (χ0) is 15.9. The second-order valence-electron chi connectivity index (χ2n) is 4.85. The molecule has 1 aromatic carbocycles. The van der Waals surface area contributed by atoms with E-state index in [4.69, 9.17) is 19.7 Å². The Morgan fingerprint density at radius 2 is 1.52 bits per heavy atom. The third-order valence-electron chi connectivity index (χ3n) is 2.81. The maximum Gasteiger partial charge on any atom is 0.338 e. The number of hydrogen-bond donors (Lipinski definition) is 2. The van der Waals surface area contributed by atoms with Gasteiger partial charge < -0.3 is 19.7 Å². The number of carbonyl (C=O) groups is 2. The van der Waals surface area contributed by atoms with E-state index in [9.17, 15) is 9.59 Å². The highest BCUT2D eigenvalue weighted by Crippen LogP contribution is 2.18. The van der Waals surface area contributed by atoms with Crippen LogP contribution in [0.4, 0.5) is 0 Å². The number of aliphatic hydroxyl groups excluding tert-OH is 2. The van der Waals surface area contributed by atoms with Crippen molar-refractivity contribution in [3.63, 3.8) is 0 Å². The molecule has 21 heavy (non-hydrogen) atoms. The fraction of sp³-hybridized carbons (Fsp3) is 0.467. The number of ketones is 1. The molecule has 0 saturated carbocycles. The summed E-state index contributed by atoms with van der Waals surface area (Å²) in [6, 6.07) is 5.99. The summed E-state index contributed by atoms with van der Waals surface area (Å²) >= 11 is 0. The van der Waals surface area contributed by atoms with E-state index in [2.05, 4.69) is 0 Å². The van der Waals surface area contributed by atoms with Crippen molar-refractivity contribution in [3.8, 4) is 0 Å². The van der Waals surface area contributed by atoms with Crippen LogP contribution < -0.4 is 0 Å². The molecule has 1 rings (SSSR count). The first kappa shape index (κ1) is 17.3. The number of rotatable bonds is 8. The SMILES string of the molecule is CC(C)(OCCO)C(=O)c1ccc(C(=O)OCCO)cc1. The van der Waals surface area contributed by atoms with Gasteiger partial charge in [0.2, 0.25) is 0 Å². The van der Waals surface area contributed by atoms with Crippen LogP contribution in [-0.4, -0.2) is 54.0 Å². The van der Waals surface area contributed by atoms with Gasteiger partial charge in [-0.1, -0.05) is 12.1 Å². The number of esters is 1. The first-order valence-corrected chi connectivity index (χ1v) is 6.60. The second kappa shape index (κ2) is 7.87. The van der Waals surface area contributed by atoms with Gasteiger partial charge in [0, 0.05) is 5.56 Å². The lowest BCUT2D eigenvalue weighted by Gasteiger charge is -2.23. The quantitative estimate of drug-likeness (QED) is 0.544. The van der Waals surface area contributed by atoms with Gasteiger partial charge in [-0.05, 0) is 26.0 Å². The van der Waals surface area contributed by atoms with Gasteiger partial charge in [-0.15, -0.1) is 0 Å². The summed E-state index contributed by atoms with van der Waals surface area (Å²) in [5, 5.41) is 17.3. The van der Waals surface area contributed by atoms with Crippen molar-refractivity contribution in [2.45, 2.75) is 19.4 Å². The van der Waals surface area contributed by atoms with Crippen molar-refractivity contribution in [1.82, 2.24) is 0 Å². The zero-order valence-electron chi connectivity index (χ0n) is 12.2. The molecule has 0 aliphatic carbocycles. The molecule has 0 radical (unpaired) electrons. The first-order valence-electron chi connectivity index (χ1n) is 6.60. The molecule has 0 heterocycles. The maximum atomic E-state index is 12.3. The van der Waals surface area contributed by atoms with E-state index < -0.39 is 11.6 Å². The molecule has 0 atom stereocenters. The molecule has 116 valence electrons. The topological polar surface area (TPSA) is 93.1 Å². The van der Waals surface area contributed by atoms with Crippen molar-refractivity contribution in [3.05, 3.63) is 35.4 Å². The highest BCUT2D eigenvalue weighted by Gasteiger charge is 2.29. The Morgan fingerprint density at radius 3 is 2.05 bits per heavy atom. The van der Waals surface area contributed by atoms with Gasteiger partial charge in [0.15, 0.2) is 5.78 Å². The minimum absolute atomic E-state index is 0.0679. The molecular weight excluding hydrogens is 276 g/mol. The highest BCUT2D eigenvalue weighted by molar-refractivity contribution is 6.02. The maximum absolute atomic E-state index is 12.3. The predicted octanol–water partition coefficient (Wildman–Crippen LogP) is 0.806. The molecule has 1 aromatic rings. The van der Waals surface area contributed by atoms with Crippen LogP contribution in [0.2, 0.25) is 0 Å². The largest absolute Gasteiger partial charge is 0.460 e. The van der Waals surface area contributed by atoms with E-state index in [0.29, 0.717) is 11.1 Å². The minimum atomic E-state index is -1.05. The third kappa shape index (κ3) is 4.93. The molecule has 0 aliphatic heterocycles. The third-order valence-corrected chi connectivity index (χ3v) is 2.81. The van der Waals surface area contributed by atoms with E-state index in [1.54, 1.807) is 13.8 Å². The molecule has 0 spiro atoms. The Hall–Kier alpha value is -1.76. The molecule has 0 bridgehead atoms. The van der Waals surface area contributed by atoms with Crippen LogP contribution in [-0.2, 0) is 9.47 Å². The molecule has 0 saturated heterocycles. The zero-order valence-corrected chi connectivity index (χ0v) is 12.2. The van der Waals surface area contributed by atoms with Crippen LogP contribution in [0.25, 0.3) is 0 Å². The smallest absolute Gasteiger partial charge is 0.338 e. The van der Waals surface area contributed by atoms with Crippen LogP contribution in [0.3, 0.4) is 0 Å². The molecular formula is C15H20O6. The van der Waals surface area contributed by atoms with E-state index in [0.717, 1.165) is 0 Å². The van der Waals surface area contributed by atoms with E-state index in [1.165, 1.54) is 24.3 Å². The average Bonchev–Trinajstić information content (AvgIpc) is 2.50. The Balaban J connectivity index is 2.77. The molecule has 0 fully saturated rings. The van der Waals surface area contributed by atoms with Gasteiger partial charge in [0.05, 0.1) is 25.4 Å². The Labute approximate surface area is 123 Å². The number of ether oxygens (including phenoxy) is 2. The van der Waals surface area contributed by atoms with Crippen LogP contribution in [0.5, 0.6) is 0 Å². The number of aliphatic hydroxyl groups is 2. The molecule has 0 unspecified atom stereocenters. The summed E-state index contributed by atoms with van der Waals surface area (Å²) < 4.78 is 10.1. The van der Waals surface area contributed by atoms with Crippen molar-refractivity contribution in [2.24, 2.45) is 0 Å². The van der Waals surface area contributed by atoms with Crippen molar-refractivity contribution in [1.29, 1.82) is 0 Å². The van der Waals surface area contributed by atoms with Gasteiger partial charge in [-0.2, -0.15) is 0 Å².